The summed E-state index contributed by atoms with van der Waals surface area (Å²) < 4.78 is 0. The van der Waals surface area contributed by atoms with Gasteiger partial charge >= 0.3 is 5.97 Å². The Hall–Kier alpha value is -0.870. The van der Waals surface area contributed by atoms with Crippen LogP contribution in [0.2, 0.25) is 0 Å². The zero-order valence-corrected chi connectivity index (χ0v) is 8.15. The number of hydrogen-bond acceptors (Lipinski definition) is 3. The molecular formula is C9H11NO2S. The summed E-state index contributed by atoms with van der Waals surface area (Å²) in [5.41, 5.74) is 2.09. The number of fused-ring (bicyclic) bond motifs is 1. The van der Waals surface area contributed by atoms with Crippen LogP contribution in [0.25, 0.3) is 0 Å². The van der Waals surface area contributed by atoms with Gasteiger partial charge in [-0.25, -0.2) is 0 Å². The average molecular weight is 197 g/mol. The summed E-state index contributed by atoms with van der Waals surface area (Å²) in [7, 11) is 0. The van der Waals surface area contributed by atoms with Crippen LogP contribution in [-0.2, 0) is 11.2 Å². The van der Waals surface area contributed by atoms with Crippen LogP contribution < -0.4 is 5.32 Å². The summed E-state index contributed by atoms with van der Waals surface area (Å²) in [5, 5.41) is 14.0. The van der Waals surface area contributed by atoms with E-state index >= 15 is 0 Å². The fraction of sp³-hybridized carbons (Fsp3) is 0.444. The van der Waals surface area contributed by atoms with Crippen molar-refractivity contribution < 1.29 is 9.90 Å². The summed E-state index contributed by atoms with van der Waals surface area (Å²) in [5.74, 6) is -0.776. The first kappa shape index (κ1) is 8.72. The first-order valence-corrected chi connectivity index (χ1v) is 5.11. The van der Waals surface area contributed by atoms with Gasteiger partial charge in [0.05, 0.1) is 0 Å². The number of thiophene rings is 1. The molecular weight excluding hydrogens is 186 g/mol. The highest BCUT2D eigenvalue weighted by Gasteiger charge is 2.28. The number of carboxylic acid groups (broad SMARTS) is 1. The van der Waals surface area contributed by atoms with Crippen molar-refractivity contribution in [2.75, 3.05) is 6.54 Å². The van der Waals surface area contributed by atoms with Gasteiger partial charge in [-0.05, 0) is 29.9 Å². The van der Waals surface area contributed by atoms with Crippen LogP contribution in [0.5, 0.6) is 0 Å². The minimum absolute atomic E-state index is 0.491. The highest BCUT2D eigenvalue weighted by atomic mass is 32.1. The Morgan fingerprint density at radius 1 is 1.77 bits per heavy atom. The monoisotopic (exact) mass is 197 g/mol. The Morgan fingerprint density at radius 3 is 3.23 bits per heavy atom. The molecule has 0 saturated carbocycles. The molecule has 0 saturated heterocycles. The minimum atomic E-state index is -0.776. The SMILES string of the molecule is Cc1csc2c1C(C(=O)O)NCC2. The molecule has 0 amide bonds. The van der Waals surface area contributed by atoms with Crippen LogP contribution in [-0.4, -0.2) is 17.6 Å². The number of rotatable bonds is 1. The third-order valence-corrected chi connectivity index (χ3v) is 3.52. The van der Waals surface area contributed by atoms with Gasteiger partial charge in [-0.2, -0.15) is 0 Å². The zero-order valence-electron chi connectivity index (χ0n) is 7.33. The standard InChI is InChI=1S/C9H11NO2S/c1-5-4-13-6-2-3-10-8(7(5)6)9(11)12/h4,8,10H,2-3H2,1H3,(H,11,12). The molecule has 70 valence electrons. The van der Waals surface area contributed by atoms with Crippen LogP contribution in [0, 0.1) is 6.92 Å². The van der Waals surface area contributed by atoms with Crippen molar-refractivity contribution in [1.29, 1.82) is 0 Å². The largest absolute Gasteiger partial charge is 0.480 e. The van der Waals surface area contributed by atoms with Gasteiger partial charge in [0.2, 0.25) is 0 Å². The van der Waals surface area contributed by atoms with E-state index in [4.69, 9.17) is 5.11 Å². The van der Waals surface area contributed by atoms with Gasteiger partial charge in [0, 0.05) is 11.4 Å². The summed E-state index contributed by atoms with van der Waals surface area (Å²) in [6, 6.07) is -0.491. The molecule has 1 aromatic rings. The summed E-state index contributed by atoms with van der Waals surface area (Å²) in [6.45, 7) is 2.74. The molecule has 1 aliphatic rings. The van der Waals surface area contributed by atoms with Crippen LogP contribution >= 0.6 is 11.3 Å². The van der Waals surface area contributed by atoms with Crippen molar-refractivity contribution in [1.82, 2.24) is 5.32 Å². The second-order valence-corrected chi connectivity index (χ2v) is 4.20. The van der Waals surface area contributed by atoms with Crippen LogP contribution in [0.4, 0.5) is 0 Å². The van der Waals surface area contributed by atoms with Crippen LogP contribution in [0.1, 0.15) is 22.0 Å². The van der Waals surface area contributed by atoms with E-state index in [0.29, 0.717) is 0 Å². The van der Waals surface area contributed by atoms with E-state index in [-0.39, 0.29) is 0 Å². The molecule has 1 unspecified atom stereocenters. The van der Waals surface area contributed by atoms with Crippen LogP contribution in [0.15, 0.2) is 5.38 Å². The molecule has 0 radical (unpaired) electrons. The minimum Gasteiger partial charge on any atom is -0.480 e. The molecule has 1 aliphatic heterocycles. The van der Waals surface area contributed by atoms with Crippen molar-refractivity contribution >= 4 is 17.3 Å². The number of carboxylic acids is 1. The lowest BCUT2D eigenvalue weighted by Crippen LogP contribution is -2.34. The first-order chi connectivity index (χ1) is 6.20. The molecule has 0 aromatic carbocycles. The molecule has 1 aromatic heterocycles. The van der Waals surface area contributed by atoms with Crippen molar-refractivity contribution in [3.63, 3.8) is 0 Å². The molecule has 3 nitrogen and oxygen atoms in total. The van der Waals surface area contributed by atoms with E-state index in [9.17, 15) is 4.79 Å². The fourth-order valence-electron chi connectivity index (χ4n) is 1.73. The Kier molecular flexibility index (Phi) is 2.09. The molecule has 13 heavy (non-hydrogen) atoms. The molecule has 1 atom stereocenters. The second kappa shape index (κ2) is 3.12. The lowest BCUT2D eigenvalue weighted by Gasteiger charge is -2.21. The van der Waals surface area contributed by atoms with Crippen molar-refractivity contribution in [3.05, 3.63) is 21.4 Å². The molecule has 2 N–H and O–H groups in total. The molecule has 0 aliphatic carbocycles. The number of carbonyl (C=O) groups is 1. The van der Waals surface area contributed by atoms with Gasteiger partial charge in [-0.1, -0.05) is 0 Å². The predicted octanol–water partition coefficient (Wildman–Crippen LogP) is 1.33. The molecule has 0 bridgehead atoms. The van der Waals surface area contributed by atoms with Crippen LogP contribution in [0.3, 0.4) is 0 Å². The maximum Gasteiger partial charge on any atom is 0.325 e. The Morgan fingerprint density at radius 2 is 2.54 bits per heavy atom. The van der Waals surface area contributed by atoms with E-state index < -0.39 is 12.0 Å². The number of nitrogens with one attached hydrogen (secondary N) is 1. The molecule has 0 spiro atoms. The highest BCUT2D eigenvalue weighted by Crippen LogP contribution is 2.31. The third kappa shape index (κ3) is 1.36. The predicted molar refractivity (Wildman–Crippen MR) is 51.1 cm³/mol. The van der Waals surface area contributed by atoms with Gasteiger partial charge < -0.3 is 10.4 Å². The average Bonchev–Trinajstić information content (AvgIpc) is 2.48. The topological polar surface area (TPSA) is 49.3 Å². The lowest BCUT2D eigenvalue weighted by atomic mass is 9.99. The highest BCUT2D eigenvalue weighted by molar-refractivity contribution is 7.10. The lowest BCUT2D eigenvalue weighted by molar-refractivity contribution is -0.139. The first-order valence-electron chi connectivity index (χ1n) is 4.23. The second-order valence-electron chi connectivity index (χ2n) is 3.23. The van der Waals surface area contributed by atoms with E-state index in [0.717, 1.165) is 24.1 Å². The quantitative estimate of drug-likeness (QED) is 0.714. The normalized spacial score (nSPS) is 21.2. The van der Waals surface area contributed by atoms with Gasteiger partial charge in [-0.15, -0.1) is 11.3 Å². The Bertz CT molecular complexity index is 345. The number of aliphatic carboxylic acids is 1. The van der Waals surface area contributed by atoms with E-state index in [1.807, 2.05) is 12.3 Å². The number of aryl methyl sites for hydroxylation is 1. The molecule has 0 fully saturated rings. The van der Waals surface area contributed by atoms with Crippen molar-refractivity contribution in [2.45, 2.75) is 19.4 Å². The molecule has 2 heterocycles. The molecule has 2 rings (SSSR count). The summed E-state index contributed by atoms with van der Waals surface area (Å²) >= 11 is 1.67. The summed E-state index contributed by atoms with van der Waals surface area (Å²) in [4.78, 5) is 12.1. The number of hydrogen-bond donors (Lipinski definition) is 2. The van der Waals surface area contributed by atoms with Gasteiger partial charge in [0.1, 0.15) is 6.04 Å². The van der Waals surface area contributed by atoms with Gasteiger partial charge in [0.25, 0.3) is 0 Å². The smallest absolute Gasteiger partial charge is 0.325 e. The van der Waals surface area contributed by atoms with Crippen molar-refractivity contribution in [3.8, 4) is 0 Å². The van der Waals surface area contributed by atoms with E-state index in [1.165, 1.54) is 4.88 Å². The zero-order chi connectivity index (χ0) is 9.42. The molecule has 4 heteroatoms. The fourth-order valence-corrected chi connectivity index (χ4v) is 2.80. The third-order valence-electron chi connectivity index (χ3n) is 2.34. The van der Waals surface area contributed by atoms with Gasteiger partial charge in [-0.3, -0.25) is 4.79 Å². The Balaban J connectivity index is 2.46. The Labute approximate surface area is 80.4 Å². The van der Waals surface area contributed by atoms with Crippen molar-refractivity contribution in [2.24, 2.45) is 0 Å². The maximum absolute atomic E-state index is 10.9. The maximum atomic E-state index is 10.9. The van der Waals surface area contributed by atoms with E-state index in [2.05, 4.69) is 5.32 Å². The van der Waals surface area contributed by atoms with Gasteiger partial charge in [0.15, 0.2) is 0 Å². The summed E-state index contributed by atoms with van der Waals surface area (Å²) in [6.07, 6.45) is 0.956. The van der Waals surface area contributed by atoms with E-state index in [1.54, 1.807) is 11.3 Å².